The first kappa shape index (κ1) is 28.6. The van der Waals surface area contributed by atoms with Crippen molar-refractivity contribution in [3.05, 3.63) is 24.0 Å². The van der Waals surface area contributed by atoms with Gasteiger partial charge in [0.15, 0.2) is 0 Å². The molecule has 2 heterocycles. The van der Waals surface area contributed by atoms with Crippen molar-refractivity contribution >= 4 is 17.7 Å². The highest BCUT2D eigenvalue weighted by molar-refractivity contribution is 5.92. The van der Waals surface area contributed by atoms with Gasteiger partial charge in [-0.3, -0.25) is 19.4 Å². The van der Waals surface area contributed by atoms with Gasteiger partial charge in [-0.1, -0.05) is 34.1 Å². The average molecular weight is 490 g/mol. The molecule has 0 saturated carbocycles. The van der Waals surface area contributed by atoms with Gasteiger partial charge >= 0.3 is 0 Å². The van der Waals surface area contributed by atoms with Gasteiger partial charge in [-0.25, -0.2) is 0 Å². The summed E-state index contributed by atoms with van der Waals surface area (Å²) < 4.78 is 5.98. The minimum Gasteiger partial charge on any atom is -0.490 e. The molecule has 3 amide bonds. The number of hydrogen-bond donors (Lipinski definition) is 3. The number of carbonyl (C=O) groups excluding carboxylic acids is 3. The van der Waals surface area contributed by atoms with Gasteiger partial charge in [0, 0.05) is 26.3 Å². The molecule has 9 heteroatoms. The number of carbonyl (C=O) groups is 3. The van der Waals surface area contributed by atoms with Crippen LogP contribution in [0.5, 0.6) is 5.75 Å². The van der Waals surface area contributed by atoms with E-state index in [4.69, 9.17) is 4.74 Å². The maximum Gasteiger partial charge on any atom is 0.243 e. The zero-order chi connectivity index (χ0) is 26.0. The summed E-state index contributed by atoms with van der Waals surface area (Å²) in [5.41, 5.74) is 1.02. The van der Waals surface area contributed by atoms with E-state index in [9.17, 15) is 14.4 Å². The second-order valence-corrected chi connectivity index (χ2v) is 9.86. The predicted molar refractivity (Wildman–Crippen MR) is 136 cm³/mol. The quantitative estimate of drug-likeness (QED) is 0.596. The first-order valence-electron chi connectivity index (χ1n) is 12.8. The Hall–Kier alpha value is -2.68. The van der Waals surface area contributed by atoms with Gasteiger partial charge < -0.3 is 25.6 Å². The van der Waals surface area contributed by atoms with Crippen LogP contribution in [-0.4, -0.2) is 72.5 Å². The number of rotatable bonds is 4. The molecule has 0 aromatic carbocycles. The molecule has 2 rings (SSSR count). The third kappa shape index (κ3) is 8.49. The second-order valence-electron chi connectivity index (χ2n) is 9.86. The van der Waals surface area contributed by atoms with E-state index in [-0.39, 0.29) is 29.6 Å². The molecule has 1 aliphatic heterocycles. The predicted octanol–water partition coefficient (Wildman–Crippen LogP) is 1.90. The molecule has 1 aromatic heterocycles. The molecule has 196 valence electrons. The van der Waals surface area contributed by atoms with E-state index >= 15 is 0 Å². The molecular formula is C26H43N5O4. The van der Waals surface area contributed by atoms with Gasteiger partial charge in [-0.05, 0) is 49.7 Å². The van der Waals surface area contributed by atoms with Crippen molar-refractivity contribution in [2.75, 3.05) is 26.7 Å². The van der Waals surface area contributed by atoms with Crippen molar-refractivity contribution in [2.45, 2.75) is 78.4 Å². The summed E-state index contributed by atoms with van der Waals surface area (Å²) in [5, 5.41) is 9.17. The number of nitrogens with one attached hydrogen (secondary N) is 3. The van der Waals surface area contributed by atoms with Crippen LogP contribution in [0.4, 0.5) is 0 Å². The fourth-order valence-corrected chi connectivity index (χ4v) is 4.08. The van der Waals surface area contributed by atoms with Crippen LogP contribution in [0.3, 0.4) is 0 Å². The molecule has 3 N–H and O–H groups in total. The zero-order valence-corrected chi connectivity index (χ0v) is 22.1. The summed E-state index contributed by atoms with van der Waals surface area (Å²) in [6, 6.07) is 0.0971. The number of ether oxygens (including phenoxy) is 1. The lowest BCUT2D eigenvalue weighted by Crippen LogP contribution is -2.57. The molecule has 0 radical (unpaired) electrons. The zero-order valence-electron chi connectivity index (χ0n) is 22.1. The molecule has 0 fully saturated rings. The van der Waals surface area contributed by atoms with E-state index in [1.807, 2.05) is 33.8 Å². The number of fused-ring (bicyclic) bond motifs is 1. The number of nitrogens with zero attached hydrogens (tertiary/aromatic N) is 2. The number of aryl methyl sites for hydroxylation is 1. The molecule has 0 bridgehead atoms. The molecular weight excluding hydrogens is 446 g/mol. The third-order valence-corrected chi connectivity index (χ3v) is 6.64. The Morgan fingerprint density at radius 3 is 2.60 bits per heavy atom. The standard InChI is InChI=1S/C26H43N5O4/c1-7-18(4)23-26(34)31(6)19(5)24(32)30-21(15-17(2)3)25(33)29-11-8-9-20-10-12-27-16-22(20)35-14-13-28-23/h10,12,16-19,21,23,28H,7-9,11,13-15H2,1-6H3,(H,29,33)(H,30,32)/t18?,19-,21-,23+/m1/s1. The van der Waals surface area contributed by atoms with Gasteiger partial charge in [-0.2, -0.15) is 0 Å². The van der Waals surface area contributed by atoms with E-state index in [0.717, 1.165) is 24.8 Å². The molecule has 35 heavy (non-hydrogen) atoms. The topological polar surface area (TPSA) is 113 Å². The molecule has 4 atom stereocenters. The normalized spacial score (nSPS) is 24.5. The summed E-state index contributed by atoms with van der Waals surface area (Å²) in [5.74, 6) is 0.294. The molecule has 1 aliphatic rings. The van der Waals surface area contributed by atoms with Gasteiger partial charge in [0.2, 0.25) is 17.7 Å². The van der Waals surface area contributed by atoms with E-state index in [1.54, 1.807) is 26.4 Å². The summed E-state index contributed by atoms with van der Waals surface area (Å²) in [6.07, 6.45) is 6.21. The first-order chi connectivity index (χ1) is 16.6. The van der Waals surface area contributed by atoms with Crippen LogP contribution in [0.25, 0.3) is 0 Å². The van der Waals surface area contributed by atoms with Crippen molar-refractivity contribution < 1.29 is 19.1 Å². The van der Waals surface area contributed by atoms with Gasteiger partial charge in [0.1, 0.15) is 24.4 Å². The van der Waals surface area contributed by atoms with Gasteiger partial charge in [-0.15, -0.1) is 0 Å². The Kier molecular flexibility index (Phi) is 11.4. The van der Waals surface area contributed by atoms with Crippen LogP contribution in [0.15, 0.2) is 18.5 Å². The number of likely N-dealkylation sites (N-methyl/N-ethyl adjacent to an activating group) is 1. The lowest BCUT2D eigenvalue weighted by Gasteiger charge is -2.32. The maximum absolute atomic E-state index is 13.4. The largest absolute Gasteiger partial charge is 0.490 e. The number of aromatic nitrogens is 1. The van der Waals surface area contributed by atoms with Crippen LogP contribution in [0.2, 0.25) is 0 Å². The van der Waals surface area contributed by atoms with E-state index < -0.39 is 18.1 Å². The molecule has 0 saturated heterocycles. The van der Waals surface area contributed by atoms with Gasteiger partial charge in [0.25, 0.3) is 0 Å². The van der Waals surface area contributed by atoms with Crippen molar-refractivity contribution in [3.63, 3.8) is 0 Å². The summed E-state index contributed by atoms with van der Waals surface area (Å²) in [4.78, 5) is 45.0. The maximum atomic E-state index is 13.4. The SMILES string of the molecule is CCC(C)[C@@H]1NCCOc2cnccc2CCCNC(=O)[C@@H](CC(C)C)NC(=O)[C@@H](C)N(C)C1=O. The third-order valence-electron chi connectivity index (χ3n) is 6.64. The smallest absolute Gasteiger partial charge is 0.243 e. The fraction of sp³-hybridized carbons (Fsp3) is 0.692. The van der Waals surface area contributed by atoms with E-state index in [1.165, 1.54) is 4.90 Å². The lowest BCUT2D eigenvalue weighted by molar-refractivity contribution is -0.141. The Morgan fingerprint density at radius 2 is 1.91 bits per heavy atom. The average Bonchev–Trinajstić information content (AvgIpc) is 2.84. The van der Waals surface area contributed by atoms with Gasteiger partial charge in [0.05, 0.1) is 12.2 Å². The number of pyridine rings is 1. The van der Waals surface area contributed by atoms with Crippen LogP contribution >= 0.6 is 0 Å². The summed E-state index contributed by atoms with van der Waals surface area (Å²) in [7, 11) is 1.64. The van der Waals surface area contributed by atoms with Crippen LogP contribution in [0.1, 0.15) is 59.4 Å². The minimum atomic E-state index is -0.716. The van der Waals surface area contributed by atoms with Crippen LogP contribution < -0.4 is 20.7 Å². The highest BCUT2D eigenvalue weighted by atomic mass is 16.5. The van der Waals surface area contributed by atoms with Crippen molar-refractivity contribution in [2.24, 2.45) is 11.8 Å². The second kappa shape index (κ2) is 14.0. The molecule has 1 unspecified atom stereocenters. The Balaban J connectivity index is 2.28. The Labute approximate surface area is 209 Å². The molecule has 1 aromatic rings. The fourth-order valence-electron chi connectivity index (χ4n) is 4.08. The van der Waals surface area contributed by atoms with Crippen molar-refractivity contribution in [3.8, 4) is 5.75 Å². The number of hydrogen-bond acceptors (Lipinski definition) is 6. The number of amides is 3. The molecule has 0 aliphatic carbocycles. The highest BCUT2D eigenvalue weighted by Gasteiger charge is 2.32. The lowest BCUT2D eigenvalue weighted by atomic mass is 9.97. The van der Waals surface area contributed by atoms with Crippen LogP contribution in [0, 0.1) is 11.8 Å². The van der Waals surface area contributed by atoms with Crippen molar-refractivity contribution in [1.29, 1.82) is 0 Å². The highest BCUT2D eigenvalue weighted by Crippen LogP contribution is 2.18. The molecule has 0 spiro atoms. The Bertz CT molecular complexity index is 847. The summed E-state index contributed by atoms with van der Waals surface area (Å²) in [6.45, 7) is 11.1. The first-order valence-corrected chi connectivity index (χ1v) is 12.8. The van der Waals surface area contributed by atoms with E-state index in [2.05, 4.69) is 20.9 Å². The van der Waals surface area contributed by atoms with Crippen molar-refractivity contribution in [1.82, 2.24) is 25.8 Å². The Morgan fingerprint density at radius 1 is 1.17 bits per heavy atom. The van der Waals surface area contributed by atoms with Crippen LogP contribution in [-0.2, 0) is 20.8 Å². The summed E-state index contributed by atoms with van der Waals surface area (Å²) >= 11 is 0. The molecule has 9 nitrogen and oxygen atoms in total. The minimum absolute atomic E-state index is 0.0687. The van der Waals surface area contributed by atoms with E-state index in [0.29, 0.717) is 31.9 Å². The monoisotopic (exact) mass is 489 g/mol.